The monoisotopic (exact) mass is 1030 g/mol. The first-order chi connectivity index (χ1) is 36.8. The van der Waals surface area contributed by atoms with Crippen LogP contribution in [0.4, 0.5) is 8.78 Å². The highest BCUT2D eigenvalue weighted by Crippen LogP contribution is 2.53. The SMILES string of the molecule is CC(C)(C)c1ccc2c(c1)c1cc(C(C)(C)C)ccc1n2-c1cc(-n2c3ccc(C(C)(C)C)cc3c3cc(C(C)(C)C)ccc32)c(-c2cccc(F)c2)c(C(C)(C)n2c3ccccc3c3ccccc32)c1-c1cccc(F)c1. The zero-order chi connectivity index (χ0) is 55.2. The maximum absolute atomic E-state index is 16.6. The Hall–Kier alpha value is -7.76. The number of halogens is 2. The number of hydrogen-bond acceptors (Lipinski definition) is 0. The van der Waals surface area contributed by atoms with E-state index in [2.05, 4.69) is 238 Å². The van der Waals surface area contributed by atoms with Crippen LogP contribution in [0.15, 0.2) is 176 Å². The molecular formula is C73H71F2N3. The van der Waals surface area contributed by atoms with Gasteiger partial charge in [-0.2, -0.15) is 0 Å². The van der Waals surface area contributed by atoms with E-state index in [4.69, 9.17) is 0 Å². The van der Waals surface area contributed by atoms with E-state index in [0.717, 1.165) is 105 Å². The predicted molar refractivity (Wildman–Crippen MR) is 329 cm³/mol. The van der Waals surface area contributed by atoms with E-state index in [1.807, 2.05) is 24.3 Å². The molecule has 78 heavy (non-hydrogen) atoms. The summed E-state index contributed by atoms with van der Waals surface area (Å²) in [5, 5.41) is 6.86. The van der Waals surface area contributed by atoms with Gasteiger partial charge in [-0.3, -0.25) is 0 Å². The van der Waals surface area contributed by atoms with Crippen molar-refractivity contribution in [2.45, 2.75) is 124 Å². The molecule has 5 heteroatoms. The Morgan fingerprint density at radius 1 is 0.295 bits per heavy atom. The molecule has 3 heterocycles. The minimum Gasteiger partial charge on any atom is -0.331 e. The van der Waals surface area contributed by atoms with Crippen molar-refractivity contribution in [3.63, 3.8) is 0 Å². The van der Waals surface area contributed by atoms with Gasteiger partial charge in [-0.15, -0.1) is 0 Å². The Balaban J connectivity index is 1.38. The molecule has 0 atom stereocenters. The van der Waals surface area contributed by atoms with Crippen LogP contribution in [0, 0.1) is 11.6 Å². The van der Waals surface area contributed by atoms with E-state index < -0.39 is 5.54 Å². The molecule has 0 aliphatic heterocycles. The fraction of sp³-hybridized carbons (Fsp3) is 0.260. The molecule has 0 unspecified atom stereocenters. The van der Waals surface area contributed by atoms with Crippen molar-refractivity contribution in [3.05, 3.63) is 215 Å². The molecule has 3 aromatic heterocycles. The molecule has 0 N–H and O–H groups in total. The van der Waals surface area contributed by atoms with E-state index in [9.17, 15) is 0 Å². The van der Waals surface area contributed by atoms with Gasteiger partial charge in [0, 0.05) is 54.5 Å². The zero-order valence-corrected chi connectivity index (χ0v) is 47.8. The standard InChI is InChI=1S/C73H71F2N3/c1-69(2,3)46-29-33-58-54(39-46)55-40-47(70(4,5)6)30-34-59(55)76(58)64-43-65(77-60-35-31-48(71(7,8)9)41-56(60)57-42-49(72(10,11)12)32-36-61(57)77)67(45-22-20-24-51(75)38-45)68(66(64)44-21-19-23-50(74)37-44)73(13,14)78-62-27-17-15-25-52(62)53-26-16-18-28-63(53)78/h15-43H,1-14H3. The van der Waals surface area contributed by atoms with Crippen molar-refractivity contribution < 1.29 is 8.78 Å². The lowest BCUT2D eigenvalue weighted by Crippen LogP contribution is -2.30. The highest BCUT2D eigenvalue weighted by Gasteiger charge is 2.38. The first kappa shape index (κ1) is 51.0. The average Bonchev–Trinajstić information content (AvgIpc) is 3.41. The summed E-state index contributed by atoms with van der Waals surface area (Å²) in [6.45, 7) is 31.9. The lowest BCUT2D eigenvalue weighted by atomic mass is 9.78. The van der Waals surface area contributed by atoms with Gasteiger partial charge in [0.05, 0.1) is 39.0 Å². The molecule has 0 saturated heterocycles. The smallest absolute Gasteiger partial charge is 0.123 e. The second-order valence-electron chi connectivity index (χ2n) is 26.6. The molecule has 0 saturated carbocycles. The van der Waals surface area contributed by atoms with Gasteiger partial charge in [0.25, 0.3) is 0 Å². The number of rotatable bonds is 6. The second kappa shape index (κ2) is 17.6. The summed E-state index contributed by atoms with van der Waals surface area (Å²) in [5.41, 5.74) is 15.7. The Labute approximate surface area is 458 Å². The van der Waals surface area contributed by atoms with E-state index in [1.54, 1.807) is 12.1 Å². The van der Waals surface area contributed by atoms with E-state index in [0.29, 0.717) is 0 Å². The molecule has 0 amide bonds. The maximum atomic E-state index is 16.6. The van der Waals surface area contributed by atoms with Crippen LogP contribution in [-0.2, 0) is 27.2 Å². The van der Waals surface area contributed by atoms with Crippen LogP contribution < -0.4 is 0 Å². The maximum Gasteiger partial charge on any atom is 0.123 e. The largest absolute Gasteiger partial charge is 0.331 e. The van der Waals surface area contributed by atoms with Crippen LogP contribution in [0.2, 0.25) is 0 Å². The molecule has 0 fully saturated rings. The number of para-hydroxylation sites is 2. The predicted octanol–water partition coefficient (Wildman–Crippen LogP) is 20.6. The van der Waals surface area contributed by atoms with E-state index in [1.165, 1.54) is 34.4 Å². The summed E-state index contributed by atoms with van der Waals surface area (Å²) in [4.78, 5) is 0. The molecule has 0 aliphatic carbocycles. The third-order valence-electron chi connectivity index (χ3n) is 16.7. The lowest BCUT2D eigenvalue weighted by Gasteiger charge is -2.37. The first-order valence-corrected chi connectivity index (χ1v) is 27.7. The Bertz CT molecular complexity index is 4000. The second-order valence-corrected chi connectivity index (χ2v) is 26.6. The van der Waals surface area contributed by atoms with Gasteiger partial charge in [0.2, 0.25) is 0 Å². The fourth-order valence-electron chi connectivity index (χ4n) is 12.6. The molecule has 0 spiro atoms. The molecule has 3 nitrogen and oxygen atoms in total. The van der Waals surface area contributed by atoms with Gasteiger partial charge in [-0.05, 0) is 165 Å². The summed E-state index contributed by atoms with van der Waals surface area (Å²) in [5.74, 6) is -0.678. The van der Waals surface area contributed by atoms with Gasteiger partial charge in [-0.25, -0.2) is 8.78 Å². The summed E-state index contributed by atoms with van der Waals surface area (Å²) >= 11 is 0. The Kier molecular flexibility index (Phi) is 11.5. The molecule has 392 valence electrons. The van der Waals surface area contributed by atoms with Gasteiger partial charge >= 0.3 is 0 Å². The third kappa shape index (κ3) is 8.18. The topological polar surface area (TPSA) is 14.8 Å². The van der Waals surface area contributed by atoms with Crippen molar-refractivity contribution in [3.8, 4) is 33.6 Å². The summed E-state index contributed by atoms with van der Waals surface area (Å²) in [6.07, 6.45) is 0. The van der Waals surface area contributed by atoms with E-state index >= 15 is 8.78 Å². The van der Waals surface area contributed by atoms with Crippen molar-refractivity contribution in [2.75, 3.05) is 0 Å². The van der Waals surface area contributed by atoms with Crippen LogP contribution in [-0.4, -0.2) is 13.7 Å². The van der Waals surface area contributed by atoms with Crippen molar-refractivity contribution in [1.29, 1.82) is 0 Å². The molecule has 0 aliphatic rings. The van der Waals surface area contributed by atoms with Crippen LogP contribution in [0.5, 0.6) is 0 Å². The van der Waals surface area contributed by atoms with Crippen LogP contribution >= 0.6 is 0 Å². The fourth-order valence-corrected chi connectivity index (χ4v) is 12.6. The van der Waals surface area contributed by atoms with Crippen LogP contribution in [0.1, 0.15) is 125 Å². The molecule has 0 bridgehead atoms. The van der Waals surface area contributed by atoms with Crippen molar-refractivity contribution in [1.82, 2.24) is 13.7 Å². The minimum absolute atomic E-state index is 0.119. The summed E-state index contributed by atoms with van der Waals surface area (Å²) in [6, 6.07) is 61.7. The number of fused-ring (bicyclic) bond motifs is 9. The van der Waals surface area contributed by atoms with Crippen LogP contribution in [0.3, 0.4) is 0 Å². The normalized spacial score (nSPS) is 13.1. The lowest BCUT2D eigenvalue weighted by molar-refractivity contribution is 0.467. The zero-order valence-electron chi connectivity index (χ0n) is 47.8. The number of aromatic nitrogens is 3. The van der Waals surface area contributed by atoms with Gasteiger partial charge < -0.3 is 13.7 Å². The van der Waals surface area contributed by atoms with Gasteiger partial charge in [0.1, 0.15) is 11.6 Å². The molecular weight excluding hydrogens is 957 g/mol. The van der Waals surface area contributed by atoms with Crippen molar-refractivity contribution in [2.24, 2.45) is 0 Å². The molecule has 12 aromatic rings. The molecule has 12 rings (SSSR count). The van der Waals surface area contributed by atoms with Gasteiger partial charge in [0.15, 0.2) is 0 Å². The highest BCUT2D eigenvalue weighted by molar-refractivity contribution is 6.14. The minimum atomic E-state index is -0.925. The quantitative estimate of drug-likeness (QED) is 0.158. The number of benzene rings is 9. The Morgan fingerprint density at radius 3 is 0.923 bits per heavy atom. The summed E-state index contributed by atoms with van der Waals surface area (Å²) in [7, 11) is 0. The highest BCUT2D eigenvalue weighted by atomic mass is 19.1. The molecule has 0 radical (unpaired) electrons. The first-order valence-electron chi connectivity index (χ1n) is 27.7. The van der Waals surface area contributed by atoms with Crippen molar-refractivity contribution >= 4 is 65.4 Å². The van der Waals surface area contributed by atoms with Crippen LogP contribution in [0.25, 0.3) is 99.0 Å². The summed E-state index contributed by atoms with van der Waals surface area (Å²) < 4.78 is 40.5. The number of nitrogens with zero attached hydrogens (tertiary/aromatic N) is 3. The number of hydrogen-bond donors (Lipinski definition) is 0. The molecule has 9 aromatic carbocycles. The average molecular weight is 1030 g/mol. The third-order valence-corrected chi connectivity index (χ3v) is 16.7. The van der Waals surface area contributed by atoms with E-state index in [-0.39, 0.29) is 33.3 Å². The van der Waals surface area contributed by atoms with Gasteiger partial charge in [-0.1, -0.05) is 168 Å². The Morgan fingerprint density at radius 2 is 0.615 bits per heavy atom.